The first-order valence-electron chi connectivity index (χ1n) is 8.09. The largest absolute Gasteiger partial charge is 0.524 e. The van der Waals surface area contributed by atoms with Crippen molar-refractivity contribution in [3.8, 4) is 23.0 Å². The van der Waals surface area contributed by atoms with Crippen molar-refractivity contribution in [3.63, 3.8) is 0 Å². The van der Waals surface area contributed by atoms with Crippen molar-refractivity contribution in [1.82, 2.24) is 0 Å². The number of phosphoric ester groups is 1. The van der Waals surface area contributed by atoms with Crippen LogP contribution in [0.25, 0.3) is 23.1 Å². The van der Waals surface area contributed by atoms with Crippen LogP contribution in [-0.4, -0.2) is 31.1 Å². The fourth-order valence-corrected chi connectivity index (χ4v) is 3.16. The zero-order chi connectivity index (χ0) is 20.3. The van der Waals surface area contributed by atoms with Gasteiger partial charge < -0.3 is 23.2 Å². The summed E-state index contributed by atoms with van der Waals surface area (Å²) < 4.78 is 37.3. The predicted octanol–water partition coefficient (Wildman–Crippen LogP) is 4.10. The molecule has 2 N–H and O–H groups in total. The van der Waals surface area contributed by atoms with Gasteiger partial charge in [0, 0.05) is 0 Å². The van der Waals surface area contributed by atoms with Gasteiger partial charge in [-0.25, -0.2) is 4.57 Å². The third-order valence-electron chi connectivity index (χ3n) is 3.93. The second-order valence-corrected chi connectivity index (χ2v) is 6.89. The van der Waals surface area contributed by atoms with Crippen molar-refractivity contribution < 1.29 is 37.5 Å². The molecule has 2 aromatic carbocycles. The van der Waals surface area contributed by atoms with Crippen LogP contribution in [0.2, 0.25) is 0 Å². The van der Waals surface area contributed by atoms with Crippen LogP contribution < -0.4 is 18.7 Å². The lowest BCUT2D eigenvalue weighted by molar-refractivity contribution is 0.284. The number of hydrogen-bond acceptors (Lipinski definition) is 6. The van der Waals surface area contributed by atoms with Crippen molar-refractivity contribution in [1.29, 1.82) is 0 Å². The summed E-state index contributed by atoms with van der Waals surface area (Å²) in [5.74, 6) is 1.53. The molecule has 0 unspecified atom stereocenters. The highest BCUT2D eigenvalue weighted by Gasteiger charge is 2.19. The number of rotatable bonds is 7. The molecule has 9 heteroatoms. The lowest BCUT2D eigenvalue weighted by Crippen LogP contribution is -1.95. The third-order valence-corrected chi connectivity index (χ3v) is 4.36. The van der Waals surface area contributed by atoms with Gasteiger partial charge in [0.25, 0.3) is 0 Å². The van der Waals surface area contributed by atoms with E-state index in [0.29, 0.717) is 33.8 Å². The van der Waals surface area contributed by atoms with Crippen LogP contribution in [0, 0.1) is 0 Å². The molecule has 3 rings (SSSR count). The molecule has 0 bridgehead atoms. The second-order valence-electron chi connectivity index (χ2n) is 5.73. The Morgan fingerprint density at radius 1 is 0.893 bits per heavy atom. The molecule has 0 saturated heterocycles. The van der Waals surface area contributed by atoms with Gasteiger partial charge in [-0.2, -0.15) is 0 Å². The van der Waals surface area contributed by atoms with Crippen molar-refractivity contribution in [2.75, 3.05) is 21.3 Å². The molecule has 0 aliphatic rings. The Morgan fingerprint density at radius 3 is 2.00 bits per heavy atom. The van der Waals surface area contributed by atoms with E-state index in [1.807, 2.05) is 0 Å². The maximum absolute atomic E-state index is 11.2. The number of ether oxygens (including phenoxy) is 3. The molecule has 0 amide bonds. The Kier molecular flexibility index (Phi) is 5.65. The van der Waals surface area contributed by atoms with E-state index in [1.54, 1.807) is 36.4 Å². The first-order chi connectivity index (χ1) is 13.3. The number of furan rings is 1. The lowest BCUT2D eigenvalue weighted by atomic mass is 10.1. The molecule has 0 saturated carbocycles. The molecule has 8 nitrogen and oxygen atoms in total. The molecule has 0 spiro atoms. The summed E-state index contributed by atoms with van der Waals surface area (Å²) in [4.78, 5) is 18.3. The van der Waals surface area contributed by atoms with E-state index in [1.165, 1.54) is 33.7 Å². The number of fused-ring (bicyclic) bond motifs is 1. The molecular weight excluding hydrogens is 387 g/mol. The molecule has 1 heterocycles. The Morgan fingerprint density at radius 2 is 1.46 bits per heavy atom. The first-order valence-corrected chi connectivity index (χ1v) is 9.62. The number of phosphoric acid groups is 1. The normalized spacial score (nSPS) is 11.8. The molecule has 0 atom stereocenters. The van der Waals surface area contributed by atoms with E-state index in [0.717, 1.165) is 5.56 Å². The van der Waals surface area contributed by atoms with E-state index in [9.17, 15) is 4.57 Å². The van der Waals surface area contributed by atoms with Gasteiger partial charge in [0.05, 0.1) is 33.0 Å². The van der Waals surface area contributed by atoms with E-state index in [4.69, 9.17) is 32.9 Å². The SMILES string of the molecule is COc1cc(/C=C/c2cc(OP(=O)(O)O)c3ccoc3c2)cc(OC)c1OC. The molecule has 0 fully saturated rings. The third kappa shape index (κ3) is 4.31. The number of methoxy groups -OCH3 is 3. The Hall–Kier alpha value is -2.93. The van der Waals surface area contributed by atoms with Crippen molar-refractivity contribution in [2.45, 2.75) is 0 Å². The highest BCUT2D eigenvalue weighted by Crippen LogP contribution is 2.42. The molecule has 28 heavy (non-hydrogen) atoms. The summed E-state index contributed by atoms with van der Waals surface area (Å²) in [6, 6.07) is 8.38. The van der Waals surface area contributed by atoms with Crippen molar-refractivity contribution >= 4 is 30.9 Å². The highest BCUT2D eigenvalue weighted by atomic mass is 31.2. The smallest absolute Gasteiger partial charge is 0.493 e. The Bertz CT molecular complexity index is 1040. The molecule has 148 valence electrons. The average molecular weight is 406 g/mol. The molecule has 0 aliphatic carbocycles. The van der Waals surface area contributed by atoms with Gasteiger partial charge in [-0.15, -0.1) is 0 Å². The van der Waals surface area contributed by atoms with E-state index in [-0.39, 0.29) is 5.75 Å². The summed E-state index contributed by atoms with van der Waals surface area (Å²) in [5, 5.41) is 0.466. The van der Waals surface area contributed by atoms with Crippen LogP contribution in [0.5, 0.6) is 23.0 Å². The van der Waals surface area contributed by atoms with Crippen LogP contribution in [0.3, 0.4) is 0 Å². The zero-order valence-electron chi connectivity index (χ0n) is 15.4. The summed E-state index contributed by atoms with van der Waals surface area (Å²) in [7, 11) is -0.125. The number of benzene rings is 2. The number of hydrogen-bond donors (Lipinski definition) is 2. The monoisotopic (exact) mass is 406 g/mol. The minimum absolute atomic E-state index is 0.0316. The van der Waals surface area contributed by atoms with Crippen LogP contribution in [0.15, 0.2) is 41.0 Å². The fourth-order valence-electron chi connectivity index (χ4n) is 2.75. The summed E-state index contributed by atoms with van der Waals surface area (Å²) in [5.41, 5.74) is 1.83. The van der Waals surface area contributed by atoms with Crippen molar-refractivity contribution in [2.24, 2.45) is 0 Å². The second kappa shape index (κ2) is 7.98. The van der Waals surface area contributed by atoms with E-state index >= 15 is 0 Å². The van der Waals surface area contributed by atoms with Gasteiger partial charge in [-0.3, -0.25) is 9.79 Å². The lowest BCUT2D eigenvalue weighted by Gasteiger charge is -2.13. The average Bonchev–Trinajstić information content (AvgIpc) is 3.13. The van der Waals surface area contributed by atoms with Gasteiger partial charge in [-0.1, -0.05) is 12.2 Å². The van der Waals surface area contributed by atoms with Gasteiger partial charge in [-0.05, 0) is 41.5 Å². The van der Waals surface area contributed by atoms with Crippen LogP contribution >= 0.6 is 7.82 Å². The van der Waals surface area contributed by atoms with Crippen molar-refractivity contribution in [3.05, 3.63) is 47.7 Å². The Labute approximate surface area is 161 Å². The van der Waals surface area contributed by atoms with Gasteiger partial charge in [0.1, 0.15) is 11.3 Å². The summed E-state index contributed by atoms with van der Waals surface area (Å²) in [6.07, 6.45) is 4.95. The van der Waals surface area contributed by atoms with Crippen LogP contribution in [0.1, 0.15) is 11.1 Å². The predicted molar refractivity (Wildman–Crippen MR) is 104 cm³/mol. The summed E-state index contributed by atoms with van der Waals surface area (Å²) >= 11 is 0. The fraction of sp³-hybridized carbons (Fsp3) is 0.158. The standard InChI is InChI=1S/C19H19O8P/c1-23-17-10-13(11-18(24-2)19(17)25-3)5-4-12-8-15-14(6-7-26-15)16(9-12)27-28(20,21)22/h4-11H,1-3H3,(H2,20,21,22)/b5-4+. The maximum Gasteiger partial charge on any atom is 0.524 e. The summed E-state index contributed by atoms with van der Waals surface area (Å²) in [6.45, 7) is 0. The Balaban J connectivity index is 2.00. The minimum atomic E-state index is -4.71. The maximum atomic E-state index is 11.2. The van der Waals surface area contributed by atoms with Gasteiger partial charge >= 0.3 is 7.82 Å². The van der Waals surface area contributed by atoms with Gasteiger partial charge in [0.15, 0.2) is 11.5 Å². The molecule has 1 aromatic heterocycles. The molecular formula is C19H19O8P. The van der Waals surface area contributed by atoms with Gasteiger partial charge in [0.2, 0.25) is 5.75 Å². The molecule has 0 radical (unpaired) electrons. The zero-order valence-corrected chi connectivity index (χ0v) is 16.3. The highest BCUT2D eigenvalue weighted by molar-refractivity contribution is 7.46. The van der Waals surface area contributed by atoms with E-state index in [2.05, 4.69) is 0 Å². The van der Waals surface area contributed by atoms with Crippen LogP contribution in [0.4, 0.5) is 0 Å². The first kappa shape index (κ1) is 19.8. The topological polar surface area (TPSA) is 108 Å². The minimum Gasteiger partial charge on any atom is -0.493 e. The van der Waals surface area contributed by atoms with E-state index < -0.39 is 7.82 Å². The molecule has 3 aromatic rings. The quantitative estimate of drug-likeness (QED) is 0.446. The van der Waals surface area contributed by atoms with Crippen LogP contribution in [-0.2, 0) is 4.57 Å². The molecule has 0 aliphatic heterocycles.